The van der Waals surface area contributed by atoms with E-state index < -0.39 is 112 Å². The standard InChI is InChI=1S/2C9H13NO8.2Mg/c2*11-6(12)2-1-5(9(17)18)10(3-7(13)14)4-8(15)16;;/h2*5H,1-4H2,(H,11,12)(H,13,14)(H,15,16)(H,17,18);;/q;;2*+2/p-4/t2*5-;;/m00../s1. The average Bonchev–Trinajstić information content (AvgIpc) is 2.65. The van der Waals surface area contributed by atoms with Crippen LogP contribution in [0.1, 0.15) is 25.7 Å². The molecule has 0 aliphatic rings. The fourth-order valence-electron chi connectivity index (χ4n) is 2.66. The maximum absolute atomic E-state index is 10.9. The molecule has 0 saturated carbocycles. The minimum atomic E-state index is -1.67. The van der Waals surface area contributed by atoms with Gasteiger partial charge < -0.3 is 60.0 Å². The van der Waals surface area contributed by atoms with Crippen LogP contribution in [0.4, 0.5) is 0 Å². The molecule has 4 N–H and O–H groups in total. The Kier molecular flexibility index (Phi) is 24.7. The molecule has 18 nitrogen and oxygen atoms in total. The van der Waals surface area contributed by atoms with Crippen LogP contribution in [0.3, 0.4) is 0 Å². The summed E-state index contributed by atoms with van der Waals surface area (Å²) in [5, 5.41) is 76.0. The second kappa shape index (κ2) is 22.2. The molecule has 204 valence electrons. The number of carboxylic acids is 8. The van der Waals surface area contributed by atoms with Crippen molar-refractivity contribution < 1.29 is 79.2 Å². The maximum Gasteiger partial charge on any atom is 2.00 e. The minimum Gasteiger partial charge on any atom is -0.549 e. The Hall–Kier alpha value is -2.79. The Balaban J connectivity index is -0.000000289. The first kappa shape index (κ1) is 42.3. The number of hydrogen-bond donors (Lipinski definition) is 4. The Morgan fingerprint density at radius 1 is 0.500 bits per heavy atom. The van der Waals surface area contributed by atoms with Crippen molar-refractivity contribution in [3.05, 3.63) is 0 Å². The summed E-state index contributed by atoms with van der Waals surface area (Å²) in [5.41, 5.74) is 0. The van der Waals surface area contributed by atoms with Gasteiger partial charge in [0, 0.05) is 39.0 Å². The summed E-state index contributed by atoms with van der Waals surface area (Å²) in [4.78, 5) is 85.0. The van der Waals surface area contributed by atoms with E-state index in [1.54, 1.807) is 0 Å². The van der Waals surface area contributed by atoms with Gasteiger partial charge in [-0.15, -0.1) is 0 Å². The van der Waals surface area contributed by atoms with Gasteiger partial charge in [0.25, 0.3) is 0 Å². The Labute approximate surface area is 246 Å². The summed E-state index contributed by atoms with van der Waals surface area (Å²) in [7, 11) is 0. The third-order valence-corrected chi connectivity index (χ3v) is 4.04. The molecule has 0 heterocycles. The SMILES string of the molecule is O=C([O-])CN(CC(=O)[O-])[C@@H](CCC(=O)O)C(=O)O.O=C([O-])CN(CC(=O)[O-])[C@@H](CCC(=O)O)C(=O)O.[Mg+2].[Mg+2]. The third-order valence-electron chi connectivity index (χ3n) is 4.04. The second-order valence-electron chi connectivity index (χ2n) is 6.87. The first-order valence-corrected chi connectivity index (χ1v) is 9.64. The second-order valence-corrected chi connectivity index (χ2v) is 6.87. The molecule has 0 aliphatic heterocycles. The number of carbonyl (C=O) groups excluding carboxylic acids is 4. The van der Waals surface area contributed by atoms with Gasteiger partial charge in [-0.1, -0.05) is 0 Å². The topological polar surface area (TPSA) is 316 Å². The van der Waals surface area contributed by atoms with Crippen molar-refractivity contribution in [3.8, 4) is 0 Å². The summed E-state index contributed by atoms with van der Waals surface area (Å²) in [5.74, 6) is -12.3. The van der Waals surface area contributed by atoms with E-state index in [2.05, 4.69) is 0 Å². The fraction of sp³-hybridized carbons (Fsp3) is 0.556. The van der Waals surface area contributed by atoms with Gasteiger partial charge in [0.05, 0.1) is 23.9 Å². The largest absolute Gasteiger partial charge is 2.00 e. The van der Waals surface area contributed by atoms with Crippen LogP contribution < -0.4 is 20.4 Å². The van der Waals surface area contributed by atoms with Gasteiger partial charge in [-0.3, -0.25) is 29.0 Å². The smallest absolute Gasteiger partial charge is 0.549 e. The van der Waals surface area contributed by atoms with Crippen LogP contribution in [0.25, 0.3) is 0 Å². The van der Waals surface area contributed by atoms with Gasteiger partial charge >= 0.3 is 70.0 Å². The number of carbonyl (C=O) groups is 8. The number of rotatable bonds is 18. The van der Waals surface area contributed by atoms with E-state index in [9.17, 15) is 58.8 Å². The first-order chi connectivity index (χ1) is 16.5. The van der Waals surface area contributed by atoms with Crippen LogP contribution in [0.5, 0.6) is 0 Å². The maximum atomic E-state index is 10.9. The van der Waals surface area contributed by atoms with Crippen molar-refractivity contribution in [2.75, 3.05) is 26.2 Å². The predicted molar refractivity (Wildman–Crippen MR) is 111 cm³/mol. The van der Waals surface area contributed by atoms with Gasteiger partial charge in [0.15, 0.2) is 0 Å². The van der Waals surface area contributed by atoms with E-state index in [-0.39, 0.29) is 46.1 Å². The Morgan fingerprint density at radius 3 is 0.842 bits per heavy atom. The number of aliphatic carboxylic acids is 8. The number of nitrogens with zero attached hydrogens (tertiary/aromatic N) is 2. The predicted octanol–water partition coefficient (Wildman–Crippen LogP) is -8.55. The van der Waals surface area contributed by atoms with E-state index in [1.807, 2.05) is 0 Å². The molecule has 0 unspecified atom stereocenters. The van der Waals surface area contributed by atoms with E-state index in [0.717, 1.165) is 0 Å². The van der Waals surface area contributed by atoms with Gasteiger partial charge in [0.2, 0.25) is 0 Å². The third kappa shape index (κ3) is 22.4. The van der Waals surface area contributed by atoms with Crippen molar-refractivity contribution >= 4 is 93.9 Å². The van der Waals surface area contributed by atoms with Crippen molar-refractivity contribution in [2.45, 2.75) is 37.8 Å². The van der Waals surface area contributed by atoms with Crippen molar-refractivity contribution in [1.82, 2.24) is 9.80 Å². The van der Waals surface area contributed by atoms with Crippen LogP contribution >= 0.6 is 0 Å². The van der Waals surface area contributed by atoms with Crippen molar-refractivity contribution in [3.63, 3.8) is 0 Å². The normalized spacial score (nSPS) is 11.4. The zero-order valence-electron chi connectivity index (χ0n) is 19.8. The van der Waals surface area contributed by atoms with Crippen LogP contribution in [0.2, 0.25) is 0 Å². The van der Waals surface area contributed by atoms with Crippen LogP contribution in [0.15, 0.2) is 0 Å². The quantitative estimate of drug-likeness (QED) is 0.111. The zero-order valence-corrected chi connectivity index (χ0v) is 22.6. The monoisotopic (exact) mass is 570 g/mol. The van der Waals surface area contributed by atoms with E-state index in [0.29, 0.717) is 9.80 Å². The Bertz CT molecular complexity index is 752. The molecule has 0 fully saturated rings. The van der Waals surface area contributed by atoms with Gasteiger partial charge in [-0.05, 0) is 12.8 Å². The summed E-state index contributed by atoms with van der Waals surface area (Å²) in [6, 6.07) is -3.09. The molecule has 2 atom stereocenters. The molecule has 0 radical (unpaired) electrons. The summed E-state index contributed by atoms with van der Waals surface area (Å²) >= 11 is 0. The molecular weight excluding hydrogens is 549 g/mol. The number of carboxylic acid groups (broad SMARTS) is 8. The van der Waals surface area contributed by atoms with Crippen LogP contribution in [0, 0.1) is 0 Å². The molecule has 0 bridgehead atoms. The molecule has 38 heavy (non-hydrogen) atoms. The molecule has 0 aromatic rings. The van der Waals surface area contributed by atoms with Gasteiger partial charge in [0.1, 0.15) is 12.1 Å². The van der Waals surface area contributed by atoms with Gasteiger partial charge in [-0.25, -0.2) is 0 Å². The summed E-state index contributed by atoms with van der Waals surface area (Å²) in [6.07, 6.45) is -1.92. The molecule has 0 aromatic heterocycles. The Morgan fingerprint density at radius 2 is 0.711 bits per heavy atom. The van der Waals surface area contributed by atoms with Gasteiger partial charge in [-0.2, -0.15) is 0 Å². The van der Waals surface area contributed by atoms with E-state index in [1.165, 1.54) is 0 Å². The van der Waals surface area contributed by atoms with Crippen LogP contribution in [-0.4, -0.2) is 162 Å². The van der Waals surface area contributed by atoms with E-state index >= 15 is 0 Å². The average molecular weight is 571 g/mol. The van der Waals surface area contributed by atoms with Crippen LogP contribution in [-0.2, 0) is 38.4 Å². The minimum absolute atomic E-state index is 0. The molecule has 0 spiro atoms. The molecular formula is C18H22Mg2N2O16. The molecule has 0 aromatic carbocycles. The zero-order chi connectivity index (χ0) is 28.6. The summed E-state index contributed by atoms with van der Waals surface area (Å²) in [6.45, 7) is -3.76. The van der Waals surface area contributed by atoms with Crippen molar-refractivity contribution in [1.29, 1.82) is 0 Å². The summed E-state index contributed by atoms with van der Waals surface area (Å²) < 4.78 is 0. The molecule has 0 saturated heterocycles. The number of hydrogen-bond acceptors (Lipinski definition) is 14. The molecule has 0 rings (SSSR count). The molecule has 20 heteroatoms. The van der Waals surface area contributed by atoms with E-state index in [4.69, 9.17) is 20.4 Å². The fourth-order valence-corrected chi connectivity index (χ4v) is 2.66. The molecule has 0 aliphatic carbocycles. The molecule has 0 amide bonds. The van der Waals surface area contributed by atoms with Crippen molar-refractivity contribution in [2.24, 2.45) is 0 Å². The first-order valence-electron chi connectivity index (χ1n) is 9.64.